The van der Waals surface area contributed by atoms with Crippen LogP contribution in [0.25, 0.3) is 6.08 Å². The second kappa shape index (κ2) is 6.53. The molecular weight excluding hydrogens is 244 g/mol. The Morgan fingerprint density at radius 3 is 2.05 bits per heavy atom. The second-order valence-electron chi connectivity index (χ2n) is 5.60. The zero-order chi connectivity index (χ0) is 13.6. The Kier molecular flexibility index (Phi) is 4.75. The SMILES string of the molecule is C[Si](C)(CC/C=C\c1ccccc1)c1ccccc1. The van der Waals surface area contributed by atoms with Gasteiger partial charge in [-0.15, -0.1) is 0 Å². The second-order valence-corrected chi connectivity index (χ2v) is 10.4. The maximum atomic E-state index is 2.46. The highest BCUT2D eigenvalue weighted by Crippen LogP contribution is 2.13. The van der Waals surface area contributed by atoms with E-state index in [1.54, 1.807) is 5.19 Å². The third-order valence-corrected chi connectivity index (χ3v) is 7.04. The molecule has 0 aliphatic rings. The average molecular weight is 266 g/mol. The maximum absolute atomic E-state index is 2.46. The molecule has 2 aromatic carbocycles. The lowest BCUT2D eigenvalue weighted by Crippen LogP contribution is -2.40. The molecule has 2 aromatic rings. The quantitative estimate of drug-likeness (QED) is 0.688. The number of rotatable bonds is 5. The zero-order valence-corrected chi connectivity index (χ0v) is 12.8. The molecule has 0 unspecified atom stereocenters. The smallest absolute Gasteiger partial charge is 0.0809 e. The monoisotopic (exact) mass is 266 g/mol. The predicted molar refractivity (Wildman–Crippen MR) is 88.5 cm³/mol. The van der Waals surface area contributed by atoms with E-state index in [1.165, 1.54) is 18.0 Å². The van der Waals surface area contributed by atoms with Gasteiger partial charge >= 0.3 is 0 Å². The molecule has 0 saturated carbocycles. The minimum absolute atomic E-state index is 1.17. The van der Waals surface area contributed by atoms with E-state index in [1.807, 2.05) is 0 Å². The van der Waals surface area contributed by atoms with Gasteiger partial charge in [-0.2, -0.15) is 0 Å². The lowest BCUT2D eigenvalue weighted by molar-refractivity contribution is 1.17. The van der Waals surface area contributed by atoms with Gasteiger partial charge in [-0.3, -0.25) is 0 Å². The Hall–Kier alpha value is -1.60. The van der Waals surface area contributed by atoms with Gasteiger partial charge in [-0.25, -0.2) is 0 Å². The summed E-state index contributed by atoms with van der Waals surface area (Å²) in [6, 6.07) is 22.8. The van der Waals surface area contributed by atoms with Gasteiger partial charge in [0.1, 0.15) is 0 Å². The van der Waals surface area contributed by atoms with Crippen LogP contribution in [0.2, 0.25) is 19.1 Å². The van der Waals surface area contributed by atoms with Crippen molar-refractivity contribution in [1.29, 1.82) is 0 Å². The molecule has 0 aliphatic carbocycles. The van der Waals surface area contributed by atoms with Crippen molar-refractivity contribution >= 4 is 19.3 Å². The van der Waals surface area contributed by atoms with Crippen molar-refractivity contribution in [2.75, 3.05) is 0 Å². The summed E-state index contributed by atoms with van der Waals surface area (Å²) in [4.78, 5) is 0. The van der Waals surface area contributed by atoms with Crippen molar-refractivity contribution in [3.8, 4) is 0 Å². The average Bonchev–Trinajstić information content (AvgIpc) is 2.46. The largest absolute Gasteiger partial charge is 0.0842 e. The van der Waals surface area contributed by atoms with Crippen LogP contribution >= 0.6 is 0 Å². The van der Waals surface area contributed by atoms with Crippen LogP contribution in [-0.2, 0) is 0 Å². The number of hydrogen-bond acceptors (Lipinski definition) is 0. The summed E-state index contributed by atoms with van der Waals surface area (Å²) < 4.78 is 0. The fourth-order valence-corrected chi connectivity index (χ4v) is 4.53. The summed E-state index contributed by atoms with van der Waals surface area (Å²) in [5.41, 5.74) is 1.29. The summed E-state index contributed by atoms with van der Waals surface area (Å²) in [5.74, 6) is 0. The molecule has 0 saturated heterocycles. The van der Waals surface area contributed by atoms with E-state index in [4.69, 9.17) is 0 Å². The summed E-state index contributed by atoms with van der Waals surface area (Å²) in [5, 5.41) is 1.56. The van der Waals surface area contributed by atoms with Crippen LogP contribution in [0.5, 0.6) is 0 Å². The first-order valence-electron chi connectivity index (χ1n) is 6.96. The van der Waals surface area contributed by atoms with E-state index in [0.29, 0.717) is 0 Å². The van der Waals surface area contributed by atoms with Crippen molar-refractivity contribution in [2.45, 2.75) is 25.6 Å². The molecule has 0 heterocycles. The summed E-state index contributed by atoms with van der Waals surface area (Å²) in [6.07, 6.45) is 5.71. The number of benzene rings is 2. The zero-order valence-electron chi connectivity index (χ0n) is 11.8. The van der Waals surface area contributed by atoms with E-state index in [-0.39, 0.29) is 0 Å². The van der Waals surface area contributed by atoms with Crippen LogP contribution in [0.15, 0.2) is 66.7 Å². The van der Waals surface area contributed by atoms with Crippen LogP contribution in [0.4, 0.5) is 0 Å². The molecule has 0 amide bonds. The van der Waals surface area contributed by atoms with Crippen molar-refractivity contribution < 1.29 is 0 Å². The maximum Gasteiger partial charge on any atom is 0.0809 e. The molecule has 0 aliphatic heterocycles. The van der Waals surface area contributed by atoms with Crippen molar-refractivity contribution in [3.05, 3.63) is 72.3 Å². The summed E-state index contributed by atoms with van der Waals surface area (Å²) in [7, 11) is -1.27. The molecule has 0 atom stereocenters. The first-order chi connectivity index (χ1) is 9.18. The fourth-order valence-electron chi connectivity index (χ4n) is 2.26. The minimum atomic E-state index is -1.27. The molecule has 98 valence electrons. The Balaban J connectivity index is 1.90. The Labute approximate surface area is 117 Å². The topological polar surface area (TPSA) is 0 Å². The molecule has 0 nitrogen and oxygen atoms in total. The standard InChI is InChI=1S/C18H22Si/c1-19(2,18-14-7-4-8-15-18)16-10-9-13-17-11-5-3-6-12-17/h3-9,11-15H,10,16H2,1-2H3/b13-9-. The van der Waals surface area contributed by atoms with Gasteiger partial charge in [0, 0.05) is 0 Å². The third kappa shape index (κ3) is 4.21. The van der Waals surface area contributed by atoms with Crippen LogP contribution in [0.3, 0.4) is 0 Å². The fraction of sp³-hybridized carbons (Fsp3) is 0.222. The molecule has 0 radical (unpaired) electrons. The molecule has 0 N–H and O–H groups in total. The Morgan fingerprint density at radius 2 is 1.42 bits per heavy atom. The van der Waals surface area contributed by atoms with Gasteiger partial charge in [0.25, 0.3) is 0 Å². The highest BCUT2D eigenvalue weighted by molar-refractivity contribution is 6.89. The Morgan fingerprint density at radius 1 is 0.842 bits per heavy atom. The summed E-state index contributed by atoms with van der Waals surface area (Å²) >= 11 is 0. The normalized spacial score (nSPS) is 11.9. The van der Waals surface area contributed by atoms with Crippen LogP contribution in [0.1, 0.15) is 12.0 Å². The van der Waals surface area contributed by atoms with Gasteiger partial charge in [0.05, 0.1) is 8.07 Å². The first-order valence-corrected chi connectivity index (χ1v) is 10.2. The molecule has 1 heteroatoms. The number of hydrogen-bond donors (Lipinski definition) is 0. The molecule has 0 spiro atoms. The van der Waals surface area contributed by atoms with Crippen LogP contribution < -0.4 is 5.19 Å². The first kappa shape index (κ1) is 13.8. The third-order valence-electron chi connectivity index (χ3n) is 3.60. The highest BCUT2D eigenvalue weighted by Gasteiger charge is 2.21. The van der Waals surface area contributed by atoms with Crippen LogP contribution in [0, 0.1) is 0 Å². The molecule has 0 bridgehead atoms. The molecular formula is C18H22Si. The van der Waals surface area contributed by atoms with Crippen molar-refractivity contribution in [3.63, 3.8) is 0 Å². The predicted octanol–water partition coefficient (Wildman–Crippen LogP) is 4.71. The molecule has 19 heavy (non-hydrogen) atoms. The lowest BCUT2D eigenvalue weighted by Gasteiger charge is -2.22. The minimum Gasteiger partial charge on any atom is -0.0842 e. The van der Waals surface area contributed by atoms with Gasteiger partial charge in [0.15, 0.2) is 0 Å². The van der Waals surface area contributed by atoms with E-state index in [2.05, 4.69) is 85.9 Å². The highest BCUT2D eigenvalue weighted by atomic mass is 28.3. The molecule has 0 fully saturated rings. The van der Waals surface area contributed by atoms with Gasteiger partial charge in [-0.1, -0.05) is 97.1 Å². The Bertz CT molecular complexity index is 512. The van der Waals surface area contributed by atoms with E-state index < -0.39 is 8.07 Å². The van der Waals surface area contributed by atoms with Gasteiger partial charge in [-0.05, 0) is 12.0 Å². The molecule has 0 aromatic heterocycles. The summed E-state index contributed by atoms with van der Waals surface area (Å²) in [6.45, 7) is 4.91. The van der Waals surface area contributed by atoms with Crippen LogP contribution in [-0.4, -0.2) is 8.07 Å². The van der Waals surface area contributed by atoms with E-state index in [9.17, 15) is 0 Å². The van der Waals surface area contributed by atoms with Crippen molar-refractivity contribution in [1.82, 2.24) is 0 Å². The van der Waals surface area contributed by atoms with Gasteiger partial charge in [0.2, 0.25) is 0 Å². The van der Waals surface area contributed by atoms with Crippen molar-refractivity contribution in [2.24, 2.45) is 0 Å². The number of allylic oxidation sites excluding steroid dienone is 1. The molecule has 2 rings (SSSR count). The van der Waals surface area contributed by atoms with E-state index >= 15 is 0 Å². The van der Waals surface area contributed by atoms with Gasteiger partial charge < -0.3 is 0 Å². The van der Waals surface area contributed by atoms with E-state index in [0.717, 1.165) is 0 Å². The lowest BCUT2D eigenvalue weighted by atomic mass is 10.2.